The number of nitrogens with one attached hydrogen (secondary N) is 1. The van der Waals surface area contributed by atoms with Gasteiger partial charge in [-0.05, 0) is 50.2 Å². The number of rotatable bonds is 8. The third kappa shape index (κ3) is 5.40. The molecule has 0 radical (unpaired) electrons. The molecule has 1 saturated heterocycles. The van der Waals surface area contributed by atoms with E-state index in [1.54, 1.807) is 0 Å². The average molecular weight is 462 g/mol. The minimum Gasteiger partial charge on any atom is -0.486 e. The lowest BCUT2D eigenvalue weighted by Crippen LogP contribution is -2.29. The summed E-state index contributed by atoms with van der Waals surface area (Å²) < 4.78 is 7.82. The molecule has 7 nitrogen and oxygen atoms in total. The lowest BCUT2D eigenvalue weighted by atomic mass is 10.1. The van der Waals surface area contributed by atoms with E-state index >= 15 is 0 Å². The van der Waals surface area contributed by atoms with Crippen molar-refractivity contribution in [1.82, 2.24) is 19.4 Å². The maximum atomic E-state index is 12.9. The molecule has 0 aliphatic carbocycles. The van der Waals surface area contributed by atoms with Crippen LogP contribution in [0.1, 0.15) is 30.8 Å². The van der Waals surface area contributed by atoms with Crippen LogP contribution >= 0.6 is 11.3 Å². The summed E-state index contributed by atoms with van der Waals surface area (Å²) in [6, 6.07) is 17.4. The Morgan fingerprint density at radius 1 is 1.00 bits per heavy atom. The van der Waals surface area contributed by atoms with Crippen molar-refractivity contribution in [2.24, 2.45) is 0 Å². The molecular formula is C25H27N5O2S. The van der Waals surface area contributed by atoms with Crippen molar-refractivity contribution in [1.29, 1.82) is 0 Å². The van der Waals surface area contributed by atoms with Gasteiger partial charge in [0.1, 0.15) is 24.7 Å². The number of carbonyl (C=O) groups is 1. The minimum atomic E-state index is -0.127. The highest BCUT2D eigenvalue weighted by molar-refractivity contribution is 7.13. The minimum absolute atomic E-state index is 0.127. The van der Waals surface area contributed by atoms with E-state index in [9.17, 15) is 4.79 Å². The standard InChI is InChI=1S/C25H27N5O2S/c31-24(28-25-26-19(18-33-25)15-29-13-7-2-8-14-29)16-30-22-12-6-5-11-21(22)27-23(30)17-32-20-9-3-1-4-10-20/h1,3-6,9-12,18H,2,7-8,13-17H2,(H,26,28,31). The maximum Gasteiger partial charge on any atom is 0.246 e. The predicted octanol–water partition coefficient (Wildman–Crippen LogP) is 4.70. The summed E-state index contributed by atoms with van der Waals surface area (Å²) in [5.74, 6) is 1.35. The summed E-state index contributed by atoms with van der Waals surface area (Å²) in [7, 11) is 0. The van der Waals surface area contributed by atoms with Gasteiger partial charge in [-0.15, -0.1) is 11.3 Å². The van der Waals surface area contributed by atoms with Crippen LogP contribution in [0.2, 0.25) is 0 Å². The lowest BCUT2D eigenvalue weighted by Gasteiger charge is -2.25. The monoisotopic (exact) mass is 461 g/mol. The zero-order valence-corrected chi connectivity index (χ0v) is 19.3. The molecule has 5 rings (SSSR count). The number of aromatic nitrogens is 3. The van der Waals surface area contributed by atoms with E-state index in [2.05, 4.69) is 15.2 Å². The summed E-state index contributed by atoms with van der Waals surface area (Å²) in [5.41, 5.74) is 2.77. The van der Waals surface area contributed by atoms with Gasteiger partial charge in [0, 0.05) is 11.9 Å². The molecule has 0 unspecified atom stereocenters. The number of likely N-dealkylation sites (tertiary alicyclic amines) is 1. The summed E-state index contributed by atoms with van der Waals surface area (Å²) >= 11 is 1.48. The van der Waals surface area contributed by atoms with Gasteiger partial charge >= 0.3 is 0 Å². The number of hydrogen-bond donors (Lipinski definition) is 1. The molecule has 1 amide bonds. The van der Waals surface area contributed by atoms with Crippen LogP contribution in [-0.4, -0.2) is 38.4 Å². The molecular weight excluding hydrogens is 434 g/mol. The van der Waals surface area contributed by atoms with Crippen molar-refractivity contribution < 1.29 is 9.53 Å². The highest BCUT2D eigenvalue weighted by Gasteiger charge is 2.16. The van der Waals surface area contributed by atoms with Crippen LogP contribution in [0.25, 0.3) is 11.0 Å². The SMILES string of the molecule is O=C(Cn1c(COc2ccccc2)nc2ccccc21)Nc1nc(CN2CCCCC2)cs1. The van der Waals surface area contributed by atoms with Crippen LogP contribution in [0, 0.1) is 0 Å². The first-order valence-electron chi connectivity index (χ1n) is 11.3. The molecule has 0 bridgehead atoms. The molecule has 2 aromatic carbocycles. The zero-order valence-electron chi connectivity index (χ0n) is 18.4. The molecule has 0 saturated carbocycles. The number of anilines is 1. The van der Waals surface area contributed by atoms with Crippen molar-refractivity contribution in [3.05, 3.63) is 71.5 Å². The smallest absolute Gasteiger partial charge is 0.246 e. The van der Waals surface area contributed by atoms with Gasteiger partial charge in [-0.25, -0.2) is 9.97 Å². The Kier molecular flexibility index (Phi) is 6.64. The van der Waals surface area contributed by atoms with Crippen LogP contribution in [0.5, 0.6) is 5.75 Å². The highest BCUT2D eigenvalue weighted by atomic mass is 32.1. The second-order valence-corrected chi connectivity index (χ2v) is 9.09. The third-order valence-corrected chi connectivity index (χ3v) is 6.59. The first kappa shape index (κ1) is 21.6. The molecule has 33 heavy (non-hydrogen) atoms. The first-order valence-corrected chi connectivity index (χ1v) is 12.2. The molecule has 0 spiro atoms. The Morgan fingerprint density at radius 3 is 2.64 bits per heavy atom. The van der Waals surface area contributed by atoms with E-state index < -0.39 is 0 Å². The first-order chi connectivity index (χ1) is 16.2. The second-order valence-electron chi connectivity index (χ2n) is 8.23. The van der Waals surface area contributed by atoms with Gasteiger partial charge in [-0.3, -0.25) is 9.69 Å². The van der Waals surface area contributed by atoms with Gasteiger partial charge in [-0.1, -0.05) is 36.8 Å². The summed E-state index contributed by atoms with van der Waals surface area (Å²) in [4.78, 5) is 24.7. The molecule has 8 heteroatoms. The van der Waals surface area contributed by atoms with Crippen molar-refractivity contribution in [3.63, 3.8) is 0 Å². The van der Waals surface area contributed by atoms with E-state index in [1.807, 2.05) is 64.5 Å². The number of ether oxygens (including phenoxy) is 1. The van der Waals surface area contributed by atoms with E-state index in [-0.39, 0.29) is 19.1 Å². The Hall–Kier alpha value is -3.23. The highest BCUT2D eigenvalue weighted by Crippen LogP contribution is 2.21. The fourth-order valence-corrected chi connectivity index (χ4v) is 4.88. The third-order valence-electron chi connectivity index (χ3n) is 5.78. The Labute approximate surface area is 197 Å². The van der Waals surface area contributed by atoms with Gasteiger partial charge in [-0.2, -0.15) is 0 Å². The molecule has 1 aliphatic rings. The van der Waals surface area contributed by atoms with E-state index in [4.69, 9.17) is 9.72 Å². The second kappa shape index (κ2) is 10.1. The van der Waals surface area contributed by atoms with Crippen molar-refractivity contribution in [2.45, 2.75) is 39.0 Å². The van der Waals surface area contributed by atoms with Gasteiger partial charge in [0.25, 0.3) is 0 Å². The van der Waals surface area contributed by atoms with Gasteiger partial charge in [0.15, 0.2) is 5.13 Å². The summed E-state index contributed by atoms with van der Waals surface area (Å²) in [5, 5.41) is 5.64. The molecule has 2 aromatic heterocycles. The van der Waals surface area contributed by atoms with E-state index in [1.165, 1.54) is 30.6 Å². The Morgan fingerprint density at radius 2 is 1.79 bits per heavy atom. The maximum absolute atomic E-state index is 12.9. The molecule has 3 heterocycles. The fourth-order valence-electron chi connectivity index (χ4n) is 4.16. The van der Waals surface area contributed by atoms with E-state index in [0.29, 0.717) is 11.0 Å². The molecule has 0 atom stereocenters. The Balaban J connectivity index is 1.26. The van der Waals surface area contributed by atoms with Crippen LogP contribution in [0.3, 0.4) is 0 Å². The van der Waals surface area contributed by atoms with Gasteiger partial charge < -0.3 is 14.6 Å². The molecule has 1 N–H and O–H groups in total. The number of hydrogen-bond acceptors (Lipinski definition) is 6. The molecule has 1 fully saturated rings. The zero-order chi connectivity index (χ0) is 22.5. The van der Waals surface area contributed by atoms with Crippen LogP contribution in [0.4, 0.5) is 5.13 Å². The van der Waals surface area contributed by atoms with Crippen LogP contribution < -0.4 is 10.1 Å². The van der Waals surface area contributed by atoms with Crippen molar-refractivity contribution in [2.75, 3.05) is 18.4 Å². The van der Waals surface area contributed by atoms with Gasteiger partial charge in [0.05, 0.1) is 16.7 Å². The lowest BCUT2D eigenvalue weighted by molar-refractivity contribution is -0.116. The number of thiazole rings is 1. The average Bonchev–Trinajstić information content (AvgIpc) is 3.43. The quantitative estimate of drug-likeness (QED) is 0.412. The largest absolute Gasteiger partial charge is 0.486 e. The summed E-state index contributed by atoms with van der Waals surface area (Å²) in [6.07, 6.45) is 3.82. The number of fused-ring (bicyclic) bond motifs is 1. The summed E-state index contributed by atoms with van der Waals surface area (Å²) in [6.45, 7) is 3.53. The van der Waals surface area contributed by atoms with Gasteiger partial charge in [0.2, 0.25) is 5.91 Å². The molecule has 170 valence electrons. The van der Waals surface area contributed by atoms with Crippen molar-refractivity contribution in [3.8, 4) is 5.75 Å². The number of nitrogens with zero attached hydrogens (tertiary/aromatic N) is 4. The predicted molar refractivity (Wildman–Crippen MR) is 130 cm³/mol. The molecule has 4 aromatic rings. The fraction of sp³-hybridized carbons (Fsp3) is 0.320. The number of carbonyl (C=O) groups excluding carboxylic acids is 1. The van der Waals surface area contributed by atoms with Crippen molar-refractivity contribution >= 4 is 33.4 Å². The van der Waals surface area contributed by atoms with E-state index in [0.717, 1.165) is 42.1 Å². The number of imidazole rings is 1. The Bertz CT molecular complexity index is 1210. The van der Waals surface area contributed by atoms with Crippen LogP contribution in [-0.2, 0) is 24.5 Å². The number of para-hydroxylation sites is 3. The molecule has 1 aliphatic heterocycles. The normalized spacial score (nSPS) is 14.4. The number of benzene rings is 2. The number of amides is 1. The topological polar surface area (TPSA) is 72.3 Å². The van der Waals surface area contributed by atoms with Crippen LogP contribution in [0.15, 0.2) is 60.0 Å². The number of piperidine rings is 1.